The summed E-state index contributed by atoms with van der Waals surface area (Å²) in [5, 5.41) is 0.240. The summed E-state index contributed by atoms with van der Waals surface area (Å²) >= 11 is 6.11. The lowest BCUT2D eigenvalue weighted by atomic mass is 9.78. The SMILES string of the molecule is O=c1[nH]cnc(N2CCCC3CCCCC32)c1Cl. The summed E-state index contributed by atoms with van der Waals surface area (Å²) in [6.45, 7) is 0.970. The second-order valence-electron chi connectivity index (χ2n) is 5.32. The van der Waals surface area contributed by atoms with Crippen molar-refractivity contribution >= 4 is 17.4 Å². The first-order valence-electron chi connectivity index (χ1n) is 6.77. The number of anilines is 1. The lowest BCUT2D eigenvalue weighted by Crippen LogP contribution is -2.47. The molecule has 2 unspecified atom stereocenters. The van der Waals surface area contributed by atoms with Crippen molar-refractivity contribution in [2.24, 2.45) is 5.92 Å². The maximum absolute atomic E-state index is 11.6. The quantitative estimate of drug-likeness (QED) is 0.851. The van der Waals surface area contributed by atoms with Crippen molar-refractivity contribution in [2.75, 3.05) is 11.4 Å². The molecule has 0 bridgehead atoms. The number of H-pyrrole nitrogens is 1. The van der Waals surface area contributed by atoms with Crippen LogP contribution in [0.5, 0.6) is 0 Å². The zero-order chi connectivity index (χ0) is 12.5. The molecule has 18 heavy (non-hydrogen) atoms. The summed E-state index contributed by atoms with van der Waals surface area (Å²) in [6.07, 6.45) is 9.06. The Balaban J connectivity index is 1.94. The van der Waals surface area contributed by atoms with Gasteiger partial charge in [-0.15, -0.1) is 0 Å². The highest BCUT2D eigenvalue weighted by molar-refractivity contribution is 6.32. The topological polar surface area (TPSA) is 49.0 Å². The van der Waals surface area contributed by atoms with Crippen LogP contribution < -0.4 is 10.5 Å². The third kappa shape index (κ3) is 2.03. The van der Waals surface area contributed by atoms with E-state index in [-0.39, 0.29) is 10.6 Å². The predicted molar refractivity (Wildman–Crippen MR) is 72.2 cm³/mol. The first kappa shape index (κ1) is 12.0. The monoisotopic (exact) mass is 267 g/mol. The summed E-state index contributed by atoms with van der Waals surface area (Å²) in [6, 6.07) is 0.527. The number of halogens is 1. The molecule has 2 heterocycles. The highest BCUT2D eigenvalue weighted by Crippen LogP contribution is 2.38. The minimum Gasteiger partial charge on any atom is -0.352 e. The van der Waals surface area contributed by atoms with E-state index in [1.165, 1.54) is 44.9 Å². The molecule has 1 N–H and O–H groups in total. The fourth-order valence-electron chi connectivity index (χ4n) is 3.46. The van der Waals surface area contributed by atoms with Crippen LogP contribution in [0, 0.1) is 5.92 Å². The molecule has 98 valence electrons. The Morgan fingerprint density at radius 1 is 1.28 bits per heavy atom. The van der Waals surface area contributed by atoms with Gasteiger partial charge in [0.25, 0.3) is 5.56 Å². The Hall–Kier alpha value is -1.03. The molecule has 1 aliphatic heterocycles. The van der Waals surface area contributed by atoms with Crippen LogP contribution in [0.25, 0.3) is 0 Å². The fourth-order valence-corrected chi connectivity index (χ4v) is 3.67. The van der Waals surface area contributed by atoms with Crippen molar-refractivity contribution < 1.29 is 0 Å². The molecule has 0 amide bonds. The third-order valence-electron chi connectivity index (χ3n) is 4.29. The average Bonchev–Trinajstić information content (AvgIpc) is 2.41. The molecule has 1 aromatic heterocycles. The first-order chi connectivity index (χ1) is 8.77. The summed E-state index contributed by atoms with van der Waals surface area (Å²) in [7, 11) is 0. The van der Waals surface area contributed by atoms with Crippen molar-refractivity contribution in [3.05, 3.63) is 21.7 Å². The Morgan fingerprint density at radius 3 is 2.94 bits per heavy atom. The summed E-state index contributed by atoms with van der Waals surface area (Å²) < 4.78 is 0. The van der Waals surface area contributed by atoms with Gasteiger partial charge in [-0.1, -0.05) is 24.4 Å². The second kappa shape index (κ2) is 4.92. The fraction of sp³-hybridized carbons (Fsp3) is 0.692. The number of piperidine rings is 1. The average molecular weight is 268 g/mol. The molecule has 5 heteroatoms. The van der Waals surface area contributed by atoms with Crippen LogP contribution in [0.3, 0.4) is 0 Å². The van der Waals surface area contributed by atoms with Crippen LogP contribution in [0.15, 0.2) is 11.1 Å². The van der Waals surface area contributed by atoms with E-state index in [0.29, 0.717) is 11.9 Å². The van der Waals surface area contributed by atoms with Crippen molar-refractivity contribution in [2.45, 2.75) is 44.6 Å². The predicted octanol–water partition coefficient (Wildman–Crippen LogP) is 2.58. The molecule has 0 aromatic carbocycles. The van der Waals surface area contributed by atoms with E-state index in [1.54, 1.807) is 0 Å². The molecule has 1 saturated heterocycles. The molecule has 1 aliphatic carbocycles. The van der Waals surface area contributed by atoms with Crippen molar-refractivity contribution in [3.8, 4) is 0 Å². The van der Waals surface area contributed by atoms with E-state index in [0.717, 1.165) is 12.5 Å². The van der Waals surface area contributed by atoms with Gasteiger partial charge in [0.1, 0.15) is 5.02 Å². The van der Waals surface area contributed by atoms with Gasteiger partial charge < -0.3 is 9.88 Å². The van der Waals surface area contributed by atoms with E-state index in [4.69, 9.17) is 11.6 Å². The van der Waals surface area contributed by atoms with Crippen LogP contribution in [0.4, 0.5) is 5.82 Å². The van der Waals surface area contributed by atoms with Gasteiger partial charge in [-0.25, -0.2) is 4.98 Å². The molecule has 2 atom stereocenters. The third-order valence-corrected chi connectivity index (χ3v) is 4.63. The molecular weight excluding hydrogens is 250 g/mol. The normalized spacial score (nSPS) is 27.9. The van der Waals surface area contributed by atoms with Gasteiger partial charge in [0, 0.05) is 12.6 Å². The summed E-state index contributed by atoms with van der Waals surface area (Å²) in [5.74, 6) is 1.43. The van der Waals surface area contributed by atoms with Crippen molar-refractivity contribution in [3.63, 3.8) is 0 Å². The standard InChI is InChI=1S/C13H18ClN3O/c14-11-12(15-8-16-13(11)18)17-7-3-5-9-4-1-2-6-10(9)17/h8-10H,1-7H2,(H,15,16,18). The molecule has 2 fully saturated rings. The number of hydrogen-bond acceptors (Lipinski definition) is 3. The van der Waals surface area contributed by atoms with Crippen LogP contribution >= 0.6 is 11.6 Å². The molecule has 4 nitrogen and oxygen atoms in total. The molecule has 1 aromatic rings. The molecule has 3 rings (SSSR count). The van der Waals surface area contributed by atoms with Gasteiger partial charge in [0.05, 0.1) is 6.33 Å². The molecule has 0 spiro atoms. The van der Waals surface area contributed by atoms with Gasteiger partial charge >= 0.3 is 0 Å². The summed E-state index contributed by atoms with van der Waals surface area (Å²) in [4.78, 5) is 20.7. The highest BCUT2D eigenvalue weighted by atomic mass is 35.5. The molecular formula is C13H18ClN3O. The van der Waals surface area contributed by atoms with E-state index in [2.05, 4.69) is 14.9 Å². The Bertz CT molecular complexity index is 485. The minimum absolute atomic E-state index is 0.236. The highest BCUT2D eigenvalue weighted by Gasteiger charge is 2.34. The zero-order valence-electron chi connectivity index (χ0n) is 10.4. The lowest BCUT2D eigenvalue weighted by Gasteiger charge is -2.44. The van der Waals surface area contributed by atoms with Crippen LogP contribution in [0.2, 0.25) is 5.02 Å². The largest absolute Gasteiger partial charge is 0.352 e. The Kier molecular flexibility index (Phi) is 3.29. The maximum atomic E-state index is 11.6. The number of aromatic nitrogens is 2. The van der Waals surface area contributed by atoms with E-state index < -0.39 is 0 Å². The van der Waals surface area contributed by atoms with Gasteiger partial charge in [0.2, 0.25) is 0 Å². The van der Waals surface area contributed by atoms with Crippen molar-refractivity contribution in [1.82, 2.24) is 9.97 Å². The smallest absolute Gasteiger partial charge is 0.271 e. The number of rotatable bonds is 1. The summed E-state index contributed by atoms with van der Waals surface area (Å²) in [5.41, 5.74) is -0.236. The van der Waals surface area contributed by atoms with Gasteiger partial charge in [-0.3, -0.25) is 4.79 Å². The van der Waals surface area contributed by atoms with Gasteiger partial charge in [-0.05, 0) is 31.6 Å². The van der Waals surface area contributed by atoms with Crippen molar-refractivity contribution in [1.29, 1.82) is 0 Å². The number of aromatic amines is 1. The van der Waals surface area contributed by atoms with Gasteiger partial charge in [0.15, 0.2) is 5.82 Å². The number of hydrogen-bond donors (Lipinski definition) is 1. The Labute approximate surface area is 111 Å². The van der Waals surface area contributed by atoms with E-state index >= 15 is 0 Å². The Morgan fingerprint density at radius 2 is 2.06 bits per heavy atom. The number of fused-ring (bicyclic) bond motifs is 1. The van der Waals surface area contributed by atoms with Crippen LogP contribution in [-0.4, -0.2) is 22.6 Å². The van der Waals surface area contributed by atoms with Gasteiger partial charge in [-0.2, -0.15) is 0 Å². The molecule has 1 saturated carbocycles. The molecule has 0 radical (unpaired) electrons. The maximum Gasteiger partial charge on any atom is 0.271 e. The minimum atomic E-state index is -0.236. The van der Waals surface area contributed by atoms with Crippen LogP contribution in [-0.2, 0) is 0 Å². The second-order valence-corrected chi connectivity index (χ2v) is 5.69. The lowest BCUT2D eigenvalue weighted by molar-refractivity contribution is 0.242. The molecule has 2 aliphatic rings. The first-order valence-corrected chi connectivity index (χ1v) is 7.15. The zero-order valence-corrected chi connectivity index (χ0v) is 11.1. The van der Waals surface area contributed by atoms with Crippen LogP contribution in [0.1, 0.15) is 38.5 Å². The number of nitrogens with zero attached hydrogens (tertiary/aromatic N) is 2. The number of nitrogens with one attached hydrogen (secondary N) is 1. The van der Waals surface area contributed by atoms with E-state index in [1.807, 2.05) is 0 Å². The van der Waals surface area contributed by atoms with E-state index in [9.17, 15) is 4.79 Å².